The number of benzene rings is 3. The lowest BCUT2D eigenvalue weighted by Crippen LogP contribution is -2.40. The number of anilines is 1. The molecule has 1 fully saturated rings. The lowest BCUT2D eigenvalue weighted by atomic mass is 10.1. The van der Waals surface area contributed by atoms with Gasteiger partial charge in [0.05, 0.1) is 32.4 Å². The summed E-state index contributed by atoms with van der Waals surface area (Å²) in [5.41, 5.74) is 2.82. The van der Waals surface area contributed by atoms with Crippen LogP contribution in [0.1, 0.15) is 36.9 Å². The van der Waals surface area contributed by atoms with Crippen LogP contribution in [0.2, 0.25) is 0 Å². The van der Waals surface area contributed by atoms with Gasteiger partial charge in [0, 0.05) is 24.3 Å². The summed E-state index contributed by atoms with van der Waals surface area (Å²) in [6.45, 7) is 3.62. The molecule has 2 aliphatic heterocycles. The third-order valence-electron chi connectivity index (χ3n) is 7.24. The second-order valence-electron chi connectivity index (χ2n) is 9.71. The van der Waals surface area contributed by atoms with Crippen molar-refractivity contribution in [3.63, 3.8) is 0 Å². The van der Waals surface area contributed by atoms with Crippen LogP contribution in [0.5, 0.6) is 5.75 Å². The fourth-order valence-corrected chi connectivity index (χ4v) is 6.98. The number of sulfonamides is 1. The van der Waals surface area contributed by atoms with Crippen LogP contribution in [0, 0.1) is 0 Å². The number of aliphatic hydroxyl groups is 1. The van der Waals surface area contributed by atoms with Crippen LogP contribution in [0.15, 0.2) is 83.8 Å². The van der Waals surface area contributed by atoms with Crippen LogP contribution < -0.4 is 9.64 Å². The van der Waals surface area contributed by atoms with Crippen molar-refractivity contribution < 1.29 is 23.0 Å². The third kappa shape index (κ3) is 5.52. The minimum absolute atomic E-state index is 0.0278. The quantitative estimate of drug-likeness (QED) is 0.473. The Morgan fingerprint density at radius 3 is 2.51 bits per heavy atom. The molecule has 196 valence electrons. The molecule has 8 heteroatoms. The van der Waals surface area contributed by atoms with E-state index in [1.165, 1.54) is 4.31 Å². The van der Waals surface area contributed by atoms with Gasteiger partial charge in [-0.1, -0.05) is 60.7 Å². The highest BCUT2D eigenvalue weighted by atomic mass is 32.2. The van der Waals surface area contributed by atoms with E-state index in [-0.39, 0.29) is 36.7 Å². The molecule has 3 aromatic rings. The van der Waals surface area contributed by atoms with Crippen molar-refractivity contribution in [1.82, 2.24) is 4.31 Å². The van der Waals surface area contributed by atoms with E-state index < -0.39 is 16.1 Å². The van der Waals surface area contributed by atoms with E-state index >= 15 is 0 Å². The first kappa shape index (κ1) is 25.7. The minimum Gasteiger partial charge on any atom is -0.485 e. The van der Waals surface area contributed by atoms with Crippen molar-refractivity contribution in [3.05, 3.63) is 90.0 Å². The van der Waals surface area contributed by atoms with Gasteiger partial charge in [-0.15, -0.1) is 0 Å². The van der Waals surface area contributed by atoms with E-state index in [2.05, 4.69) is 4.90 Å². The summed E-state index contributed by atoms with van der Waals surface area (Å²) in [4.78, 5) is 2.29. The van der Waals surface area contributed by atoms with Gasteiger partial charge in [0.1, 0.15) is 16.7 Å². The van der Waals surface area contributed by atoms with Gasteiger partial charge in [0.25, 0.3) is 0 Å². The SMILES string of the molecule is C[C@H](c1ccccc1)N1C[C@H](COCc2ccccc2)Oc2cc(N3CCC[C@@H]3CO)ccc2S1(=O)=O. The standard InChI is InChI=1S/C29H34N2O5S/c1-22(24-11-6-3-7-12-24)31-18-27(21-35-20-23-9-4-2-5-10-23)36-28-17-25(14-15-29(28)37(31,33)34)30-16-8-13-26(30)19-32/h2-7,9-12,14-15,17,22,26-27,32H,8,13,16,18-21H2,1H3/t22-,26-,27-/m1/s1. The Morgan fingerprint density at radius 2 is 1.78 bits per heavy atom. The van der Waals surface area contributed by atoms with E-state index in [4.69, 9.17) is 9.47 Å². The van der Waals surface area contributed by atoms with E-state index in [9.17, 15) is 13.5 Å². The van der Waals surface area contributed by atoms with Crippen LogP contribution in [0.3, 0.4) is 0 Å². The number of nitrogens with zero attached hydrogens (tertiary/aromatic N) is 2. The Balaban J connectivity index is 1.47. The number of rotatable bonds is 8. The largest absolute Gasteiger partial charge is 0.485 e. The molecule has 0 aromatic heterocycles. The minimum atomic E-state index is -3.85. The Hall–Kier alpha value is -2.91. The van der Waals surface area contributed by atoms with Crippen LogP contribution in [0.25, 0.3) is 0 Å². The normalized spacial score (nSPS) is 22.2. The molecule has 3 atom stereocenters. The zero-order valence-electron chi connectivity index (χ0n) is 21.1. The van der Waals surface area contributed by atoms with Gasteiger partial charge in [-0.2, -0.15) is 4.31 Å². The molecule has 5 rings (SSSR count). The molecule has 0 radical (unpaired) electrons. The summed E-state index contributed by atoms with van der Waals surface area (Å²) >= 11 is 0. The fraction of sp³-hybridized carbons (Fsp3) is 0.379. The lowest BCUT2D eigenvalue weighted by Gasteiger charge is -2.29. The van der Waals surface area contributed by atoms with Crippen molar-refractivity contribution >= 4 is 15.7 Å². The molecule has 37 heavy (non-hydrogen) atoms. The van der Waals surface area contributed by atoms with Gasteiger partial charge in [-0.25, -0.2) is 8.42 Å². The lowest BCUT2D eigenvalue weighted by molar-refractivity contribution is 0.0313. The van der Waals surface area contributed by atoms with E-state index in [1.807, 2.05) is 79.7 Å². The monoisotopic (exact) mass is 522 g/mol. The van der Waals surface area contributed by atoms with Crippen LogP contribution in [-0.4, -0.2) is 56.3 Å². The maximum Gasteiger partial charge on any atom is 0.247 e. The molecule has 0 unspecified atom stereocenters. The van der Waals surface area contributed by atoms with Gasteiger partial charge >= 0.3 is 0 Å². The highest BCUT2D eigenvalue weighted by molar-refractivity contribution is 7.89. The Kier molecular flexibility index (Phi) is 7.81. The summed E-state index contributed by atoms with van der Waals surface area (Å²) in [7, 11) is -3.85. The summed E-state index contributed by atoms with van der Waals surface area (Å²) in [5, 5.41) is 9.81. The van der Waals surface area contributed by atoms with Crippen LogP contribution in [-0.2, 0) is 21.4 Å². The molecule has 2 aliphatic rings. The molecule has 3 aromatic carbocycles. The second-order valence-corrected chi connectivity index (χ2v) is 11.6. The molecule has 1 N–H and O–H groups in total. The molecule has 7 nitrogen and oxygen atoms in total. The highest BCUT2D eigenvalue weighted by Gasteiger charge is 2.39. The fourth-order valence-electron chi connectivity index (χ4n) is 5.22. The smallest absolute Gasteiger partial charge is 0.247 e. The van der Waals surface area contributed by atoms with E-state index in [1.54, 1.807) is 6.07 Å². The first-order valence-electron chi connectivity index (χ1n) is 12.8. The van der Waals surface area contributed by atoms with Crippen molar-refractivity contribution in [2.75, 3.05) is 31.2 Å². The molecule has 1 saturated heterocycles. The first-order valence-corrected chi connectivity index (χ1v) is 14.3. The van der Waals surface area contributed by atoms with Crippen molar-refractivity contribution in [1.29, 1.82) is 0 Å². The second kappa shape index (κ2) is 11.2. The maximum absolute atomic E-state index is 14.0. The van der Waals surface area contributed by atoms with E-state index in [0.717, 1.165) is 36.2 Å². The number of ether oxygens (including phenoxy) is 2. The third-order valence-corrected chi connectivity index (χ3v) is 9.22. The van der Waals surface area contributed by atoms with Crippen molar-refractivity contribution in [2.24, 2.45) is 0 Å². The average Bonchev–Trinajstić information content (AvgIpc) is 3.37. The predicted molar refractivity (Wildman–Crippen MR) is 143 cm³/mol. The average molecular weight is 523 g/mol. The zero-order valence-corrected chi connectivity index (χ0v) is 21.9. The maximum atomic E-state index is 14.0. The van der Waals surface area contributed by atoms with Gasteiger partial charge in [0.2, 0.25) is 10.0 Å². The molecule has 0 bridgehead atoms. The molecule has 0 saturated carbocycles. The number of hydrogen-bond acceptors (Lipinski definition) is 6. The summed E-state index contributed by atoms with van der Waals surface area (Å²) in [6.07, 6.45) is 1.40. The Bertz CT molecular complexity index is 1290. The summed E-state index contributed by atoms with van der Waals surface area (Å²) in [6, 6.07) is 24.5. The van der Waals surface area contributed by atoms with Crippen molar-refractivity contribution in [2.45, 2.75) is 49.5 Å². The number of fused-ring (bicyclic) bond motifs is 1. The van der Waals surface area contributed by atoms with Crippen LogP contribution >= 0.6 is 0 Å². The molecule has 0 amide bonds. The van der Waals surface area contributed by atoms with Gasteiger partial charge in [-0.3, -0.25) is 0 Å². The molecule has 0 aliphatic carbocycles. The van der Waals surface area contributed by atoms with Gasteiger partial charge < -0.3 is 19.5 Å². The number of hydrogen-bond donors (Lipinski definition) is 1. The number of aliphatic hydroxyl groups excluding tert-OH is 1. The highest BCUT2D eigenvalue weighted by Crippen LogP contribution is 2.39. The molecular formula is C29H34N2O5S. The van der Waals surface area contributed by atoms with Gasteiger partial charge in [-0.05, 0) is 43.0 Å². The Morgan fingerprint density at radius 1 is 1.05 bits per heavy atom. The first-order chi connectivity index (χ1) is 18.0. The Labute approximate surface area is 219 Å². The summed E-state index contributed by atoms with van der Waals surface area (Å²) in [5.74, 6) is 0.331. The molecular weight excluding hydrogens is 488 g/mol. The van der Waals surface area contributed by atoms with Gasteiger partial charge in [0.15, 0.2) is 0 Å². The topological polar surface area (TPSA) is 79.3 Å². The van der Waals surface area contributed by atoms with E-state index in [0.29, 0.717) is 12.4 Å². The predicted octanol–water partition coefficient (Wildman–Crippen LogP) is 4.38. The van der Waals surface area contributed by atoms with Crippen molar-refractivity contribution in [3.8, 4) is 5.75 Å². The van der Waals surface area contributed by atoms with Crippen LogP contribution in [0.4, 0.5) is 5.69 Å². The summed E-state index contributed by atoms with van der Waals surface area (Å²) < 4.78 is 41.9. The molecule has 0 spiro atoms. The molecule has 2 heterocycles. The zero-order chi connectivity index (χ0) is 25.8.